The average Bonchev–Trinajstić information content (AvgIpc) is 3.79. The lowest BCUT2D eigenvalue weighted by Crippen LogP contribution is -2.18. The second-order valence-electron chi connectivity index (χ2n) is 14.5. The lowest BCUT2D eigenvalue weighted by atomic mass is 10.00. The second kappa shape index (κ2) is 12.8. The molecule has 55 heavy (non-hydrogen) atoms. The van der Waals surface area contributed by atoms with Crippen molar-refractivity contribution in [1.29, 1.82) is 0 Å². The molecule has 3 heteroatoms. The molecule has 0 atom stereocenters. The molecule has 3 nitrogen and oxygen atoms in total. The maximum Gasteiger partial charge on any atom is 0.143 e. The van der Waals surface area contributed by atoms with Gasteiger partial charge < -0.3 is 13.9 Å². The third-order valence-electron chi connectivity index (χ3n) is 11.3. The van der Waals surface area contributed by atoms with Gasteiger partial charge in [0.15, 0.2) is 0 Å². The van der Waals surface area contributed by atoms with E-state index in [1.54, 1.807) is 0 Å². The zero-order valence-corrected chi connectivity index (χ0v) is 30.2. The Morgan fingerprint density at radius 1 is 0.436 bits per heavy atom. The number of benzene rings is 8. The van der Waals surface area contributed by atoms with Crippen molar-refractivity contribution >= 4 is 71.6 Å². The first-order valence-electron chi connectivity index (χ1n) is 19.1. The van der Waals surface area contributed by atoms with Crippen LogP contribution in [0.2, 0.25) is 0 Å². The fourth-order valence-corrected chi connectivity index (χ4v) is 8.65. The highest BCUT2D eigenvalue weighted by Crippen LogP contribution is 2.42. The molecular weight excluding hydrogens is 669 g/mol. The fourth-order valence-electron chi connectivity index (χ4n) is 8.65. The molecule has 8 aromatic carbocycles. The van der Waals surface area contributed by atoms with E-state index in [1.165, 1.54) is 55.1 Å². The van der Waals surface area contributed by atoms with Crippen LogP contribution in [0, 0.1) is 0 Å². The first-order valence-corrected chi connectivity index (χ1v) is 19.1. The van der Waals surface area contributed by atoms with Gasteiger partial charge in [0.1, 0.15) is 11.2 Å². The van der Waals surface area contributed by atoms with Gasteiger partial charge >= 0.3 is 0 Å². The van der Waals surface area contributed by atoms with Crippen LogP contribution in [0.5, 0.6) is 0 Å². The molecule has 2 heterocycles. The first-order chi connectivity index (χ1) is 27.3. The van der Waals surface area contributed by atoms with Crippen LogP contribution in [0.25, 0.3) is 82.5 Å². The molecule has 10 aromatic rings. The number of anilines is 2. The molecule has 0 bridgehead atoms. The Labute approximate surface area is 319 Å². The lowest BCUT2D eigenvalue weighted by molar-refractivity contribution is 0.670. The van der Waals surface area contributed by atoms with Crippen LogP contribution in [0.4, 0.5) is 11.4 Å². The van der Waals surface area contributed by atoms with Crippen LogP contribution in [-0.2, 0) is 0 Å². The Morgan fingerprint density at radius 2 is 1.13 bits per heavy atom. The number of allylic oxidation sites excluding steroid dienone is 4. The molecule has 0 N–H and O–H groups in total. The van der Waals surface area contributed by atoms with Crippen molar-refractivity contribution in [3.63, 3.8) is 0 Å². The third kappa shape index (κ3) is 5.27. The SMILES string of the molecule is C1=C(N(c2ccc(-c3ccccc3)cc2)c2cccc(-c3cccc4c3oc3ccccc34)c2)CCC(n2c3ccccc3c3cc4ccccc4cc32)=C1. The molecular formula is C52H36N2O. The Morgan fingerprint density at radius 3 is 1.96 bits per heavy atom. The molecule has 0 saturated carbocycles. The third-order valence-corrected chi connectivity index (χ3v) is 11.3. The first kappa shape index (κ1) is 31.4. The van der Waals surface area contributed by atoms with Crippen LogP contribution in [0.3, 0.4) is 0 Å². The maximum absolute atomic E-state index is 6.49. The van der Waals surface area contributed by atoms with E-state index in [2.05, 4.69) is 198 Å². The summed E-state index contributed by atoms with van der Waals surface area (Å²) in [5.41, 5.74) is 13.8. The van der Waals surface area contributed by atoms with E-state index >= 15 is 0 Å². The van der Waals surface area contributed by atoms with Gasteiger partial charge in [0.05, 0.1) is 11.0 Å². The summed E-state index contributed by atoms with van der Waals surface area (Å²) in [7, 11) is 0. The predicted molar refractivity (Wildman–Crippen MR) is 232 cm³/mol. The fraction of sp³-hybridized carbons (Fsp3) is 0.0385. The van der Waals surface area contributed by atoms with Crippen molar-refractivity contribution in [3.8, 4) is 22.3 Å². The lowest BCUT2D eigenvalue weighted by Gasteiger charge is -2.30. The number of furan rings is 1. The van der Waals surface area contributed by atoms with E-state index in [1.807, 2.05) is 6.07 Å². The number of rotatable bonds is 6. The minimum absolute atomic E-state index is 0.886. The number of hydrogen-bond donors (Lipinski definition) is 0. The number of aromatic nitrogens is 1. The van der Waals surface area contributed by atoms with Crippen LogP contribution >= 0.6 is 0 Å². The highest BCUT2D eigenvalue weighted by molar-refractivity contribution is 6.14. The highest BCUT2D eigenvalue weighted by atomic mass is 16.3. The van der Waals surface area contributed by atoms with Gasteiger partial charge in [-0.05, 0) is 101 Å². The normalized spacial score (nSPS) is 13.2. The molecule has 0 spiro atoms. The van der Waals surface area contributed by atoms with Crippen molar-refractivity contribution in [2.75, 3.05) is 4.90 Å². The van der Waals surface area contributed by atoms with Crippen molar-refractivity contribution in [2.45, 2.75) is 12.8 Å². The van der Waals surface area contributed by atoms with Crippen LogP contribution in [0.1, 0.15) is 12.8 Å². The molecule has 11 rings (SSSR count). The standard InChI is InChI=1S/C52H36N2O/c1-2-12-35(13-3-1)36-24-26-40(27-25-36)53(43-17-10-16-39(32-43)44-20-11-21-47-46-19-7-9-23-51(46)55-52(44)47)41-28-30-42(31-29-41)54-49-22-8-6-18-45(49)48-33-37-14-4-5-15-38(37)34-50(48)54/h1-28,30,32-34H,29,31H2. The molecule has 0 radical (unpaired) electrons. The number of fused-ring (bicyclic) bond motifs is 7. The summed E-state index contributed by atoms with van der Waals surface area (Å²) in [6.45, 7) is 0. The zero-order chi connectivity index (χ0) is 36.3. The maximum atomic E-state index is 6.49. The van der Waals surface area contributed by atoms with Gasteiger partial charge in [0.25, 0.3) is 0 Å². The van der Waals surface area contributed by atoms with Crippen molar-refractivity contribution in [2.24, 2.45) is 0 Å². The van der Waals surface area contributed by atoms with E-state index in [9.17, 15) is 0 Å². The Kier molecular flexibility index (Phi) is 7.31. The van der Waals surface area contributed by atoms with Crippen LogP contribution in [0.15, 0.2) is 204 Å². The molecule has 260 valence electrons. The van der Waals surface area contributed by atoms with Gasteiger partial charge in [-0.25, -0.2) is 0 Å². The largest absolute Gasteiger partial charge is 0.455 e. The number of hydrogen-bond acceptors (Lipinski definition) is 2. The monoisotopic (exact) mass is 704 g/mol. The van der Waals surface area contributed by atoms with Gasteiger partial charge in [0.2, 0.25) is 0 Å². The summed E-state index contributed by atoms with van der Waals surface area (Å²) in [5, 5.41) is 7.39. The van der Waals surface area contributed by atoms with Crippen molar-refractivity contribution in [1.82, 2.24) is 4.57 Å². The quantitative estimate of drug-likeness (QED) is 0.172. The van der Waals surface area contributed by atoms with Crippen molar-refractivity contribution in [3.05, 3.63) is 200 Å². The summed E-state index contributed by atoms with van der Waals surface area (Å²) < 4.78 is 8.98. The number of para-hydroxylation sites is 3. The van der Waals surface area contributed by atoms with E-state index in [0.29, 0.717) is 0 Å². The Bertz CT molecular complexity index is 3140. The molecule has 0 fully saturated rings. The minimum Gasteiger partial charge on any atom is -0.455 e. The highest BCUT2D eigenvalue weighted by Gasteiger charge is 2.22. The summed E-state index contributed by atoms with van der Waals surface area (Å²) in [4.78, 5) is 2.43. The van der Waals surface area contributed by atoms with Gasteiger partial charge in [-0.2, -0.15) is 0 Å². The summed E-state index contributed by atoms with van der Waals surface area (Å²) in [6, 6.07) is 65.5. The topological polar surface area (TPSA) is 21.3 Å². The second-order valence-corrected chi connectivity index (χ2v) is 14.5. The van der Waals surface area contributed by atoms with Crippen LogP contribution < -0.4 is 4.90 Å². The average molecular weight is 705 g/mol. The summed E-state index contributed by atoms with van der Waals surface area (Å²) in [6.07, 6.45) is 6.46. The zero-order valence-electron chi connectivity index (χ0n) is 30.2. The molecule has 0 saturated heterocycles. The molecule has 0 unspecified atom stereocenters. The minimum atomic E-state index is 0.886. The smallest absolute Gasteiger partial charge is 0.143 e. The molecule has 0 aliphatic heterocycles. The summed E-state index contributed by atoms with van der Waals surface area (Å²) >= 11 is 0. The van der Waals surface area contributed by atoms with Gasteiger partial charge in [-0.3, -0.25) is 0 Å². The Balaban J connectivity index is 1.05. The Hall–Kier alpha value is -7.10. The molecule has 1 aliphatic carbocycles. The van der Waals surface area contributed by atoms with Gasteiger partial charge in [0, 0.05) is 49.9 Å². The summed E-state index contributed by atoms with van der Waals surface area (Å²) in [5.74, 6) is 0. The number of nitrogens with zero attached hydrogens (tertiary/aromatic N) is 2. The predicted octanol–water partition coefficient (Wildman–Crippen LogP) is 14.5. The van der Waals surface area contributed by atoms with Gasteiger partial charge in [-0.1, -0.05) is 133 Å². The molecule has 2 aromatic heterocycles. The van der Waals surface area contributed by atoms with Gasteiger partial charge in [-0.15, -0.1) is 0 Å². The van der Waals surface area contributed by atoms with E-state index in [-0.39, 0.29) is 0 Å². The van der Waals surface area contributed by atoms with E-state index < -0.39 is 0 Å². The van der Waals surface area contributed by atoms with E-state index in [4.69, 9.17) is 4.42 Å². The van der Waals surface area contributed by atoms with Crippen LogP contribution in [-0.4, -0.2) is 4.57 Å². The molecule has 1 aliphatic rings. The van der Waals surface area contributed by atoms with E-state index in [0.717, 1.165) is 57.3 Å². The van der Waals surface area contributed by atoms with Crippen molar-refractivity contribution < 1.29 is 4.42 Å². The molecule has 0 amide bonds.